The highest BCUT2D eigenvalue weighted by Crippen LogP contribution is 2.44. The molecule has 4 aromatic rings. The topological polar surface area (TPSA) is 52.5 Å². The van der Waals surface area contributed by atoms with Crippen molar-refractivity contribution in [3.05, 3.63) is 173 Å². The van der Waals surface area contributed by atoms with Crippen LogP contribution in [0.25, 0.3) is 33.4 Å². The number of benzene rings is 4. The van der Waals surface area contributed by atoms with E-state index in [9.17, 15) is 10.2 Å². The second-order valence-electron chi connectivity index (χ2n) is 13.8. The lowest BCUT2D eigenvalue weighted by Gasteiger charge is -2.21. The summed E-state index contributed by atoms with van der Waals surface area (Å²) in [6.45, 7) is 22.9. The number of hydrogen-bond acceptors (Lipinski definition) is 3. The number of aryl methyl sites for hydroxylation is 2. The predicted octanol–water partition coefficient (Wildman–Crippen LogP) is 13.9. The molecule has 0 aliphatic heterocycles. The van der Waals surface area contributed by atoms with Crippen molar-refractivity contribution in [1.82, 2.24) is 0 Å². The van der Waals surface area contributed by atoms with Crippen LogP contribution in [0, 0.1) is 19.8 Å². The molecule has 0 aliphatic carbocycles. The van der Waals surface area contributed by atoms with Crippen molar-refractivity contribution in [1.29, 1.82) is 0 Å². The Labute approximate surface area is 312 Å². The first-order chi connectivity index (χ1) is 24.9. The number of nitrogens with one attached hydrogen (secondary N) is 1. The van der Waals surface area contributed by atoms with Crippen LogP contribution in [0.3, 0.4) is 0 Å². The minimum absolute atomic E-state index is 0.229. The molecule has 0 radical (unpaired) electrons. The van der Waals surface area contributed by atoms with Gasteiger partial charge >= 0.3 is 0 Å². The molecule has 0 fully saturated rings. The molecule has 3 N–H and O–H groups in total. The molecule has 0 spiro atoms. The molecule has 0 saturated carbocycles. The molecule has 0 amide bonds. The van der Waals surface area contributed by atoms with Crippen LogP contribution in [0.15, 0.2) is 145 Å². The van der Waals surface area contributed by atoms with E-state index < -0.39 is 0 Å². The summed E-state index contributed by atoms with van der Waals surface area (Å²) in [4.78, 5) is 0. The van der Waals surface area contributed by atoms with E-state index in [1.807, 2.05) is 92.8 Å². The first kappa shape index (κ1) is 39.2. The van der Waals surface area contributed by atoms with E-state index in [0.29, 0.717) is 11.8 Å². The second-order valence-corrected chi connectivity index (χ2v) is 13.8. The summed E-state index contributed by atoms with van der Waals surface area (Å²) in [5.41, 5.74) is 12.9. The average molecular weight is 690 g/mol. The van der Waals surface area contributed by atoms with Gasteiger partial charge in [-0.15, -0.1) is 0 Å². The zero-order chi connectivity index (χ0) is 37.9. The third kappa shape index (κ3) is 9.03. The van der Waals surface area contributed by atoms with Gasteiger partial charge in [-0.2, -0.15) is 0 Å². The molecule has 3 heteroatoms. The molecule has 0 aromatic heterocycles. The maximum Gasteiger partial charge on any atom is 0.131 e. The third-order valence-corrected chi connectivity index (χ3v) is 9.20. The van der Waals surface area contributed by atoms with Crippen LogP contribution < -0.4 is 5.32 Å². The zero-order valence-electron chi connectivity index (χ0n) is 32.4. The van der Waals surface area contributed by atoms with E-state index in [4.69, 9.17) is 0 Å². The Morgan fingerprint density at radius 1 is 0.712 bits per heavy atom. The molecule has 0 bridgehead atoms. The van der Waals surface area contributed by atoms with Gasteiger partial charge in [0.1, 0.15) is 11.5 Å². The van der Waals surface area contributed by atoms with Gasteiger partial charge in [0.15, 0.2) is 0 Å². The minimum atomic E-state index is 0.229. The predicted molar refractivity (Wildman–Crippen MR) is 227 cm³/mol. The highest BCUT2D eigenvalue weighted by atomic mass is 16.3. The van der Waals surface area contributed by atoms with Gasteiger partial charge in [0.05, 0.1) is 0 Å². The van der Waals surface area contributed by atoms with Gasteiger partial charge in [-0.3, -0.25) is 0 Å². The summed E-state index contributed by atoms with van der Waals surface area (Å²) in [7, 11) is 0. The number of hydrogen-bond donors (Lipinski definition) is 3. The van der Waals surface area contributed by atoms with Gasteiger partial charge in [-0.1, -0.05) is 119 Å². The van der Waals surface area contributed by atoms with E-state index in [0.717, 1.165) is 67.0 Å². The Morgan fingerprint density at radius 2 is 1.31 bits per heavy atom. The average Bonchev–Trinajstić information content (AvgIpc) is 3.12. The smallest absolute Gasteiger partial charge is 0.131 e. The van der Waals surface area contributed by atoms with Gasteiger partial charge in [-0.05, 0) is 128 Å². The zero-order valence-corrected chi connectivity index (χ0v) is 32.4. The lowest BCUT2D eigenvalue weighted by Crippen LogP contribution is -2.02. The van der Waals surface area contributed by atoms with E-state index >= 15 is 0 Å². The summed E-state index contributed by atoms with van der Waals surface area (Å²) in [6, 6.07) is 24.5. The van der Waals surface area contributed by atoms with Crippen molar-refractivity contribution in [2.24, 2.45) is 5.92 Å². The quantitative estimate of drug-likeness (QED) is 0.122. The van der Waals surface area contributed by atoms with Crippen LogP contribution in [0.1, 0.15) is 82.2 Å². The van der Waals surface area contributed by atoms with Crippen molar-refractivity contribution >= 4 is 16.8 Å². The number of rotatable bonds is 13. The Bertz CT molecular complexity index is 2100. The summed E-state index contributed by atoms with van der Waals surface area (Å²) < 4.78 is 0. The number of phenolic OH excluding ortho intramolecular Hbond substituents is 2. The molecule has 0 atom stereocenters. The fourth-order valence-corrected chi connectivity index (χ4v) is 6.81. The molecule has 0 heterocycles. The van der Waals surface area contributed by atoms with Crippen molar-refractivity contribution < 1.29 is 10.2 Å². The summed E-state index contributed by atoms with van der Waals surface area (Å²) in [6.07, 6.45) is 17.9. The second kappa shape index (κ2) is 18.1. The largest absolute Gasteiger partial charge is 0.507 e. The Hall–Kier alpha value is -5.54. The Morgan fingerprint density at radius 3 is 1.90 bits per heavy atom. The number of aromatic hydroxyl groups is 2. The molecule has 268 valence electrons. The molecule has 0 saturated heterocycles. The van der Waals surface area contributed by atoms with Crippen LogP contribution in [-0.4, -0.2) is 10.2 Å². The van der Waals surface area contributed by atoms with E-state index in [2.05, 4.69) is 103 Å². The molecular weight excluding hydrogens is 635 g/mol. The molecule has 4 rings (SSSR count). The monoisotopic (exact) mass is 689 g/mol. The highest BCUT2D eigenvalue weighted by molar-refractivity contribution is 5.92. The van der Waals surface area contributed by atoms with Crippen molar-refractivity contribution in [3.63, 3.8) is 0 Å². The molecule has 3 nitrogen and oxygen atoms in total. The molecule has 0 unspecified atom stereocenters. The standard InChI is InChI=1S/C49H55NO2/c1-11-15-16-22-36(43-27-34(9)29-45(48(43)51)41-24-18-17-23-40(41)33(7)8)31-37(21-12-2)50-47-26-20-19-25-42(47)46-30-35(10)28-44(49(46)52)39(14-4)38(13-3)32(5)6/h11-33,50-52H,2H2,1,3-10H3/b15-11-,22-16-,36-31?,37-21?,38-13-,39-14+. The van der Waals surface area contributed by atoms with Gasteiger partial charge < -0.3 is 15.5 Å². The van der Waals surface area contributed by atoms with Crippen LogP contribution in [0.4, 0.5) is 5.69 Å². The van der Waals surface area contributed by atoms with Crippen molar-refractivity contribution in [3.8, 4) is 33.8 Å². The fourth-order valence-electron chi connectivity index (χ4n) is 6.81. The van der Waals surface area contributed by atoms with Gasteiger partial charge in [-0.25, -0.2) is 0 Å². The van der Waals surface area contributed by atoms with Crippen molar-refractivity contribution in [2.75, 3.05) is 5.32 Å². The maximum atomic E-state index is 12.0. The normalized spacial score (nSPS) is 13.2. The number of allylic oxidation sites excluding steroid dienone is 12. The number of para-hydroxylation sites is 1. The number of anilines is 1. The van der Waals surface area contributed by atoms with E-state index in [-0.39, 0.29) is 11.5 Å². The van der Waals surface area contributed by atoms with Crippen molar-refractivity contribution in [2.45, 2.75) is 68.2 Å². The van der Waals surface area contributed by atoms with E-state index in [1.165, 1.54) is 11.1 Å². The Kier molecular flexibility index (Phi) is 13.7. The molecular formula is C49H55NO2. The SMILES string of the molecule is C=CC=C(C=C(/C=C\C=C/C)c1cc(C)cc(-c2ccccc2C(C)C)c1O)Nc1ccccc1-c1cc(C)cc(C(=C/C)/C(=C\C)C(C)C)c1O. The van der Waals surface area contributed by atoms with Gasteiger partial charge in [0, 0.05) is 39.2 Å². The Balaban J connectivity index is 1.90. The maximum absolute atomic E-state index is 12.0. The molecule has 4 aromatic carbocycles. The van der Waals surface area contributed by atoms with E-state index in [1.54, 1.807) is 6.08 Å². The van der Waals surface area contributed by atoms with Crippen LogP contribution >= 0.6 is 0 Å². The highest BCUT2D eigenvalue weighted by Gasteiger charge is 2.20. The first-order valence-corrected chi connectivity index (χ1v) is 18.3. The van der Waals surface area contributed by atoms with Crippen LogP contribution in [0.5, 0.6) is 11.5 Å². The summed E-state index contributed by atoms with van der Waals surface area (Å²) in [5, 5.41) is 27.5. The minimum Gasteiger partial charge on any atom is -0.507 e. The number of phenols is 2. The third-order valence-electron chi connectivity index (χ3n) is 9.20. The summed E-state index contributed by atoms with van der Waals surface area (Å²) >= 11 is 0. The first-order valence-electron chi connectivity index (χ1n) is 18.3. The van der Waals surface area contributed by atoms with Gasteiger partial charge in [0.25, 0.3) is 0 Å². The molecule has 0 aliphatic rings. The van der Waals surface area contributed by atoms with Gasteiger partial charge in [0.2, 0.25) is 0 Å². The lowest BCUT2D eigenvalue weighted by atomic mass is 9.86. The van der Waals surface area contributed by atoms with Crippen LogP contribution in [-0.2, 0) is 0 Å². The fraction of sp³-hybridized carbons (Fsp3) is 0.224. The lowest BCUT2D eigenvalue weighted by molar-refractivity contribution is 0.475. The van der Waals surface area contributed by atoms with Crippen LogP contribution in [0.2, 0.25) is 0 Å². The summed E-state index contributed by atoms with van der Waals surface area (Å²) in [5.74, 6) is 1.07. The molecule has 52 heavy (non-hydrogen) atoms.